The van der Waals surface area contributed by atoms with Gasteiger partial charge in [-0.15, -0.1) is 0 Å². The average molecular weight is 1090 g/mol. The molecule has 390 valence electrons. The van der Waals surface area contributed by atoms with E-state index in [-0.39, 0.29) is 28.2 Å². The molecular formula is C76H44N6O2. The summed E-state index contributed by atoms with van der Waals surface area (Å²) in [6, 6.07) is 44.0. The summed E-state index contributed by atoms with van der Waals surface area (Å²) in [5.41, 5.74) is 5.08. The van der Waals surface area contributed by atoms with E-state index in [0.717, 1.165) is 43.8 Å². The van der Waals surface area contributed by atoms with Gasteiger partial charge in [0.05, 0.1) is 71.3 Å². The monoisotopic (exact) mass is 1090 g/mol. The first-order valence-corrected chi connectivity index (χ1v) is 26.8. The van der Waals surface area contributed by atoms with Gasteiger partial charge in [0.1, 0.15) is 22.3 Å². The van der Waals surface area contributed by atoms with E-state index in [1.165, 1.54) is 6.07 Å². The third-order valence-corrected chi connectivity index (χ3v) is 15.7. The first-order valence-electron chi connectivity index (χ1n) is 34.3. The Kier molecular flexibility index (Phi) is 7.68. The van der Waals surface area contributed by atoms with Crippen LogP contribution >= 0.6 is 0 Å². The predicted molar refractivity (Wildman–Crippen MR) is 342 cm³/mol. The van der Waals surface area contributed by atoms with E-state index in [9.17, 15) is 17.5 Å². The summed E-state index contributed by atoms with van der Waals surface area (Å²) in [5, 5.41) is 5.52. The van der Waals surface area contributed by atoms with E-state index >= 15 is 0 Å². The van der Waals surface area contributed by atoms with Crippen molar-refractivity contribution >= 4 is 93.2 Å². The van der Waals surface area contributed by atoms with Gasteiger partial charge in [0.15, 0.2) is 17.5 Å². The number of furan rings is 2. The Hall–Kier alpha value is -11.7. The summed E-state index contributed by atoms with van der Waals surface area (Å²) in [7, 11) is 0. The van der Waals surface area contributed by atoms with Crippen LogP contribution in [0, 0.1) is 6.57 Å². The van der Waals surface area contributed by atoms with Gasteiger partial charge in [0, 0.05) is 54.6 Å². The summed E-state index contributed by atoms with van der Waals surface area (Å²) in [5.74, 6) is -1.71. The number of nitrogens with zero attached hydrogens (tertiary/aromatic N) is 6. The molecule has 0 fully saturated rings. The highest BCUT2D eigenvalue weighted by atomic mass is 16.3. The maximum atomic E-state index is 10.2. The summed E-state index contributed by atoms with van der Waals surface area (Å²) in [6.45, 7) is 9.56. The van der Waals surface area contributed by atoms with E-state index in [2.05, 4.69) is 9.83 Å². The number of benzene rings is 12. The summed E-state index contributed by atoms with van der Waals surface area (Å²) in [6.07, 6.45) is 0. The number of hydrogen-bond donors (Lipinski definition) is 0. The highest BCUT2D eigenvalue weighted by Crippen LogP contribution is 2.52. The molecule has 0 bridgehead atoms. The van der Waals surface area contributed by atoms with Gasteiger partial charge in [-0.2, -0.15) is 0 Å². The Balaban J connectivity index is 1.14. The minimum atomic E-state index is -0.778. The predicted octanol–water partition coefficient (Wildman–Crippen LogP) is 20.4. The fourth-order valence-electron chi connectivity index (χ4n) is 12.1. The van der Waals surface area contributed by atoms with Gasteiger partial charge in [0.2, 0.25) is 5.69 Å². The first kappa shape index (κ1) is 34.5. The molecule has 5 aromatic heterocycles. The van der Waals surface area contributed by atoms with E-state index in [1.807, 2.05) is 179 Å². The van der Waals surface area contributed by atoms with Crippen molar-refractivity contribution in [3.8, 4) is 78.9 Å². The molecule has 12 aromatic carbocycles. The normalized spacial score (nSPS) is 14.3. The second-order valence-corrected chi connectivity index (χ2v) is 20.2. The van der Waals surface area contributed by atoms with Crippen LogP contribution in [0.5, 0.6) is 0 Å². The molecule has 84 heavy (non-hydrogen) atoms. The largest absolute Gasteiger partial charge is 0.455 e. The maximum Gasteiger partial charge on any atom is 0.212 e. The zero-order chi connectivity index (χ0) is 68.5. The van der Waals surface area contributed by atoms with Crippen LogP contribution in [0.3, 0.4) is 0 Å². The number of fused-ring (bicyclic) bond motifs is 14. The molecular weight excluding hydrogens is 1030 g/mol. The van der Waals surface area contributed by atoms with Crippen LogP contribution in [0.15, 0.2) is 275 Å². The third-order valence-electron chi connectivity index (χ3n) is 15.7. The second-order valence-electron chi connectivity index (χ2n) is 20.2. The topological polar surface area (TPSA) is 79.2 Å². The van der Waals surface area contributed by atoms with Crippen molar-refractivity contribution in [1.29, 1.82) is 0 Å². The molecule has 5 heterocycles. The van der Waals surface area contributed by atoms with E-state index in [0.29, 0.717) is 65.9 Å². The van der Waals surface area contributed by atoms with Gasteiger partial charge >= 0.3 is 0 Å². The molecule has 0 N–H and O–H groups in total. The fraction of sp³-hybridized carbons (Fsp3) is 0. The molecule has 0 spiro atoms. The summed E-state index contributed by atoms with van der Waals surface area (Å²) < 4.78 is 156. The van der Waals surface area contributed by atoms with Gasteiger partial charge in [-0.3, -0.25) is 0 Å². The zero-order valence-corrected chi connectivity index (χ0v) is 43.7. The van der Waals surface area contributed by atoms with Crippen molar-refractivity contribution in [3.63, 3.8) is 0 Å². The Morgan fingerprint density at radius 3 is 1.27 bits per heavy atom. The van der Waals surface area contributed by atoms with Crippen LogP contribution in [0.2, 0.25) is 0 Å². The van der Waals surface area contributed by atoms with Gasteiger partial charge in [-0.25, -0.2) is 19.8 Å². The van der Waals surface area contributed by atoms with Crippen LogP contribution in [0.4, 0.5) is 5.69 Å². The SMILES string of the molecule is [2H]c1c([2H])c([2H])c(-c2nc(-c3cc([N+]#[C-])c(-n4c5ccc(-c6ccccc6)cc5c5c6oc7ccccc7c6ccc54)c(-c4c([2H])c([2H])c([2H])c([2H])c4[2H])c3-n3c4ccc(-c5ccccc5)cc4c4c5oc6ccccc6c5ccc43)nc(-c3c([2H])c([2H])c([2H])c([2H])c3[2H])n2)c([2H])c1[2H]. The van der Waals surface area contributed by atoms with E-state index in [1.54, 1.807) is 0 Å². The Morgan fingerprint density at radius 1 is 0.357 bits per heavy atom. The fourth-order valence-corrected chi connectivity index (χ4v) is 12.1. The van der Waals surface area contributed by atoms with E-state index < -0.39 is 125 Å². The van der Waals surface area contributed by atoms with Gasteiger partial charge in [-0.05, 0) is 94.5 Å². The van der Waals surface area contributed by atoms with Crippen molar-refractivity contribution in [1.82, 2.24) is 24.1 Å². The molecule has 8 heteroatoms. The minimum absolute atomic E-state index is 0.00309. The van der Waals surface area contributed by atoms with Crippen molar-refractivity contribution < 1.29 is 29.4 Å². The number of rotatable bonds is 8. The van der Waals surface area contributed by atoms with Crippen LogP contribution in [0.25, 0.3) is 171 Å². The molecule has 0 radical (unpaired) electrons. The molecule has 0 aliphatic carbocycles. The lowest BCUT2D eigenvalue weighted by Gasteiger charge is -2.24. The molecule has 0 atom stereocenters. The minimum Gasteiger partial charge on any atom is -0.455 e. The Labute approximate surface area is 501 Å². The van der Waals surface area contributed by atoms with Crippen LogP contribution < -0.4 is 0 Å². The smallest absolute Gasteiger partial charge is 0.212 e. The Bertz CT molecular complexity index is 6340. The van der Waals surface area contributed by atoms with Crippen LogP contribution in [0.1, 0.15) is 20.6 Å². The molecule has 17 rings (SSSR count). The standard InChI is InChI=1S/C76H44N6O2/c1-77-60-45-59(76-79-74(49-27-13-5-14-28-49)78-75(80-76)50-29-15-6-16-30-50)70(81-61-39-35-51(46-21-7-2-8-22-46)43-57(61)68-63(81)41-37-55-53-31-17-19-33-65(53)83-72(55)68)67(48-25-11-4-12-26-48)71(60)82-62-40-36-52(47-23-9-3-10-24-47)44-58(62)69-64(82)42-38-56-54-32-18-20-34-66(54)84-73(56)69/h2-45H/i4D,5D,6D,11D,12D,13D,14D,15D,16D,25D,26D,27D,28D,29D,30D. The van der Waals surface area contributed by atoms with Crippen molar-refractivity contribution in [2.24, 2.45) is 0 Å². The van der Waals surface area contributed by atoms with Gasteiger partial charge < -0.3 is 18.0 Å². The lowest BCUT2D eigenvalue weighted by atomic mass is 9.94. The molecule has 0 aliphatic rings. The van der Waals surface area contributed by atoms with Crippen molar-refractivity contribution in [2.45, 2.75) is 0 Å². The second kappa shape index (κ2) is 18.7. The highest BCUT2D eigenvalue weighted by molar-refractivity contribution is 6.27. The summed E-state index contributed by atoms with van der Waals surface area (Å²) in [4.78, 5) is 19.0. The van der Waals surface area contributed by atoms with Crippen molar-refractivity contribution in [3.05, 3.63) is 278 Å². The number of hydrogen-bond acceptors (Lipinski definition) is 5. The molecule has 0 amide bonds. The van der Waals surface area contributed by atoms with Crippen LogP contribution in [-0.4, -0.2) is 24.1 Å². The third kappa shape index (κ3) is 7.23. The van der Waals surface area contributed by atoms with Crippen molar-refractivity contribution in [2.75, 3.05) is 0 Å². The molecule has 0 saturated heterocycles. The molecule has 0 aliphatic heterocycles. The molecule has 0 saturated carbocycles. The average Bonchev–Trinajstić information content (AvgIpc) is 1.59. The van der Waals surface area contributed by atoms with Gasteiger partial charge in [0.25, 0.3) is 0 Å². The lowest BCUT2D eigenvalue weighted by molar-refractivity contribution is 0.672. The number of aromatic nitrogens is 5. The first-order chi connectivity index (χ1) is 47.8. The number of para-hydroxylation sites is 2. The summed E-state index contributed by atoms with van der Waals surface area (Å²) >= 11 is 0. The highest BCUT2D eigenvalue weighted by Gasteiger charge is 2.31. The molecule has 8 nitrogen and oxygen atoms in total. The molecule has 0 unspecified atom stereocenters. The van der Waals surface area contributed by atoms with Gasteiger partial charge in [-0.1, -0.05) is 200 Å². The van der Waals surface area contributed by atoms with Crippen LogP contribution in [-0.2, 0) is 0 Å². The van der Waals surface area contributed by atoms with E-state index in [4.69, 9.17) is 28.4 Å². The maximum absolute atomic E-state index is 10.2. The molecule has 17 aromatic rings. The quantitative estimate of drug-likeness (QED) is 0.142. The lowest BCUT2D eigenvalue weighted by Crippen LogP contribution is -2.08. The zero-order valence-electron chi connectivity index (χ0n) is 58.7. The Morgan fingerprint density at radius 2 is 0.786 bits per heavy atom.